The molecule has 1 aliphatic heterocycles. The molecule has 3 rings (SSSR count). The third-order valence-corrected chi connectivity index (χ3v) is 4.05. The molecule has 1 aliphatic rings. The molecule has 2 N–H and O–H groups in total. The van der Waals surface area contributed by atoms with Crippen molar-refractivity contribution >= 4 is 17.2 Å². The normalized spacial score (nSPS) is 15.8. The van der Waals surface area contributed by atoms with Crippen molar-refractivity contribution in [2.24, 2.45) is 5.73 Å². The average Bonchev–Trinajstić information content (AvgIpc) is 2.89. The van der Waals surface area contributed by atoms with E-state index in [1.807, 2.05) is 6.07 Å². The van der Waals surface area contributed by atoms with Gasteiger partial charge in [0.1, 0.15) is 0 Å². The number of fused-ring (bicyclic) bond motifs is 1. The summed E-state index contributed by atoms with van der Waals surface area (Å²) in [4.78, 5) is 3.04. The summed E-state index contributed by atoms with van der Waals surface area (Å²) < 4.78 is 0. The SMILES string of the molecule is NC(=S)CC(c1ccccc1)N1Cc2ccccc2C1. The Labute approximate surface area is 125 Å². The Morgan fingerprint density at radius 1 is 1.00 bits per heavy atom. The zero-order chi connectivity index (χ0) is 13.9. The zero-order valence-corrected chi connectivity index (χ0v) is 12.1. The van der Waals surface area contributed by atoms with Gasteiger partial charge >= 0.3 is 0 Å². The summed E-state index contributed by atoms with van der Waals surface area (Å²) in [5.41, 5.74) is 9.92. The van der Waals surface area contributed by atoms with Crippen molar-refractivity contribution in [3.63, 3.8) is 0 Å². The van der Waals surface area contributed by atoms with Gasteiger partial charge in [-0.2, -0.15) is 0 Å². The van der Waals surface area contributed by atoms with Crippen molar-refractivity contribution < 1.29 is 0 Å². The highest BCUT2D eigenvalue weighted by Crippen LogP contribution is 2.33. The number of nitrogens with two attached hydrogens (primary N) is 1. The third kappa shape index (κ3) is 2.74. The highest BCUT2D eigenvalue weighted by molar-refractivity contribution is 7.80. The van der Waals surface area contributed by atoms with Gasteiger partial charge in [-0.3, -0.25) is 4.90 Å². The van der Waals surface area contributed by atoms with Crippen LogP contribution in [0.3, 0.4) is 0 Å². The predicted octanol–water partition coefficient (Wildman–Crippen LogP) is 3.42. The second-order valence-corrected chi connectivity index (χ2v) is 5.79. The number of nitrogens with zero attached hydrogens (tertiary/aromatic N) is 1. The minimum absolute atomic E-state index is 0.265. The summed E-state index contributed by atoms with van der Waals surface area (Å²) in [7, 11) is 0. The van der Waals surface area contributed by atoms with Gasteiger partial charge in [0.15, 0.2) is 0 Å². The van der Waals surface area contributed by atoms with Gasteiger partial charge in [0.05, 0.1) is 4.99 Å². The van der Waals surface area contributed by atoms with Crippen molar-refractivity contribution in [2.45, 2.75) is 25.6 Å². The topological polar surface area (TPSA) is 29.3 Å². The van der Waals surface area contributed by atoms with E-state index in [1.54, 1.807) is 0 Å². The summed E-state index contributed by atoms with van der Waals surface area (Å²) in [5, 5.41) is 0. The van der Waals surface area contributed by atoms with Crippen molar-refractivity contribution in [2.75, 3.05) is 0 Å². The van der Waals surface area contributed by atoms with Crippen LogP contribution in [0.1, 0.15) is 29.2 Å². The van der Waals surface area contributed by atoms with E-state index in [0.29, 0.717) is 4.99 Å². The van der Waals surface area contributed by atoms with Crippen LogP contribution in [0, 0.1) is 0 Å². The standard InChI is InChI=1S/C17H18N2S/c18-17(20)10-16(13-6-2-1-3-7-13)19-11-14-8-4-5-9-15(14)12-19/h1-9,16H,10-12H2,(H2,18,20). The fourth-order valence-electron chi connectivity index (χ4n) is 2.90. The van der Waals surface area contributed by atoms with Crippen LogP contribution >= 0.6 is 12.2 Å². The Morgan fingerprint density at radius 3 is 2.10 bits per heavy atom. The van der Waals surface area contributed by atoms with Crippen molar-refractivity contribution in [1.29, 1.82) is 0 Å². The van der Waals surface area contributed by atoms with Gasteiger partial charge in [0.2, 0.25) is 0 Å². The molecule has 0 aromatic heterocycles. The van der Waals surface area contributed by atoms with Crippen molar-refractivity contribution in [3.05, 3.63) is 71.3 Å². The Hall–Kier alpha value is -1.71. The van der Waals surface area contributed by atoms with Gasteiger partial charge in [0.25, 0.3) is 0 Å². The molecule has 0 saturated heterocycles. The third-order valence-electron chi connectivity index (χ3n) is 3.88. The van der Waals surface area contributed by atoms with E-state index in [2.05, 4.69) is 53.4 Å². The molecule has 1 atom stereocenters. The van der Waals surface area contributed by atoms with Crippen LogP contribution < -0.4 is 5.73 Å². The number of hydrogen-bond donors (Lipinski definition) is 1. The van der Waals surface area contributed by atoms with Gasteiger partial charge < -0.3 is 5.73 Å². The number of thiocarbonyl (C=S) groups is 1. The molecule has 0 saturated carbocycles. The molecule has 102 valence electrons. The van der Waals surface area contributed by atoms with E-state index in [0.717, 1.165) is 19.5 Å². The van der Waals surface area contributed by atoms with Gasteiger partial charge in [-0.25, -0.2) is 0 Å². The Bertz CT molecular complexity index is 584. The summed E-state index contributed by atoms with van der Waals surface area (Å²) in [6, 6.07) is 19.4. The molecule has 20 heavy (non-hydrogen) atoms. The highest BCUT2D eigenvalue weighted by Gasteiger charge is 2.26. The molecular weight excluding hydrogens is 264 g/mol. The minimum Gasteiger partial charge on any atom is -0.393 e. The molecule has 0 bridgehead atoms. The Balaban J connectivity index is 1.87. The van der Waals surface area contributed by atoms with E-state index in [4.69, 9.17) is 18.0 Å². The molecular formula is C17H18N2S. The van der Waals surface area contributed by atoms with E-state index < -0.39 is 0 Å². The number of benzene rings is 2. The second kappa shape index (κ2) is 5.73. The fraction of sp³-hybridized carbons (Fsp3) is 0.235. The molecule has 0 aliphatic carbocycles. The maximum absolute atomic E-state index is 5.81. The van der Waals surface area contributed by atoms with Crippen molar-refractivity contribution in [1.82, 2.24) is 4.90 Å². The number of rotatable bonds is 4. The molecule has 2 aromatic rings. The maximum atomic E-state index is 5.81. The smallest absolute Gasteiger partial charge is 0.0746 e. The lowest BCUT2D eigenvalue weighted by Crippen LogP contribution is -2.27. The summed E-state index contributed by atoms with van der Waals surface area (Å²) in [6.07, 6.45) is 0.729. The molecule has 3 heteroatoms. The van der Waals surface area contributed by atoms with Crippen LogP contribution in [0.25, 0.3) is 0 Å². The summed E-state index contributed by atoms with van der Waals surface area (Å²) in [6.45, 7) is 1.94. The van der Waals surface area contributed by atoms with Crippen LogP contribution in [-0.4, -0.2) is 9.89 Å². The van der Waals surface area contributed by atoms with Crippen LogP contribution in [0.5, 0.6) is 0 Å². The van der Waals surface area contributed by atoms with Crippen LogP contribution in [0.15, 0.2) is 54.6 Å². The summed E-state index contributed by atoms with van der Waals surface area (Å²) in [5.74, 6) is 0. The first-order valence-corrected chi connectivity index (χ1v) is 7.29. The van der Waals surface area contributed by atoms with E-state index in [-0.39, 0.29) is 6.04 Å². The second-order valence-electron chi connectivity index (χ2n) is 5.27. The van der Waals surface area contributed by atoms with Gasteiger partial charge in [0, 0.05) is 25.6 Å². The van der Waals surface area contributed by atoms with E-state index in [1.165, 1.54) is 16.7 Å². The molecule has 1 unspecified atom stereocenters. The lowest BCUT2D eigenvalue weighted by molar-refractivity contribution is 0.205. The first-order chi connectivity index (χ1) is 9.74. The van der Waals surface area contributed by atoms with Crippen LogP contribution in [0.2, 0.25) is 0 Å². The molecule has 2 nitrogen and oxygen atoms in total. The lowest BCUT2D eigenvalue weighted by atomic mass is 10.0. The predicted molar refractivity (Wildman–Crippen MR) is 86.3 cm³/mol. The Kier molecular flexibility index (Phi) is 3.81. The highest BCUT2D eigenvalue weighted by atomic mass is 32.1. The molecule has 0 spiro atoms. The molecule has 0 fully saturated rings. The molecule has 2 aromatic carbocycles. The fourth-order valence-corrected chi connectivity index (χ4v) is 3.06. The quantitative estimate of drug-likeness (QED) is 0.871. The molecule has 0 radical (unpaired) electrons. The van der Waals surface area contributed by atoms with Gasteiger partial charge in [-0.1, -0.05) is 66.8 Å². The van der Waals surface area contributed by atoms with Gasteiger partial charge in [-0.15, -0.1) is 0 Å². The van der Waals surface area contributed by atoms with Gasteiger partial charge in [-0.05, 0) is 16.7 Å². The zero-order valence-electron chi connectivity index (χ0n) is 11.3. The minimum atomic E-state index is 0.265. The van der Waals surface area contributed by atoms with Crippen LogP contribution in [-0.2, 0) is 13.1 Å². The average molecular weight is 282 g/mol. The Morgan fingerprint density at radius 2 is 1.55 bits per heavy atom. The lowest BCUT2D eigenvalue weighted by Gasteiger charge is -2.27. The largest absolute Gasteiger partial charge is 0.393 e. The summed E-state index contributed by atoms with van der Waals surface area (Å²) >= 11 is 5.14. The first kappa shape index (κ1) is 13.3. The number of hydrogen-bond acceptors (Lipinski definition) is 2. The van der Waals surface area contributed by atoms with Crippen molar-refractivity contribution in [3.8, 4) is 0 Å². The molecule has 0 amide bonds. The van der Waals surface area contributed by atoms with E-state index in [9.17, 15) is 0 Å². The maximum Gasteiger partial charge on any atom is 0.0746 e. The monoisotopic (exact) mass is 282 g/mol. The molecule has 1 heterocycles. The first-order valence-electron chi connectivity index (χ1n) is 6.88. The van der Waals surface area contributed by atoms with E-state index >= 15 is 0 Å². The van der Waals surface area contributed by atoms with Crippen LogP contribution in [0.4, 0.5) is 0 Å².